The molecule has 0 spiro atoms. The van der Waals surface area contributed by atoms with E-state index in [1.165, 1.54) is 0 Å². The molecule has 1 aliphatic rings. The normalized spacial score (nSPS) is 21.8. The molecule has 0 radical (unpaired) electrons. The van der Waals surface area contributed by atoms with Crippen LogP contribution in [0.5, 0.6) is 0 Å². The van der Waals surface area contributed by atoms with Gasteiger partial charge in [0.1, 0.15) is 0 Å². The maximum atomic E-state index is 5.00. The minimum absolute atomic E-state index is 0.421. The Bertz CT molecular complexity index is 76.4. The van der Waals surface area contributed by atoms with Crippen LogP contribution in [-0.4, -0.2) is 13.2 Å². The van der Waals surface area contributed by atoms with Crippen molar-refractivity contribution in [3.63, 3.8) is 0 Å². The molecule has 6 heavy (non-hydrogen) atoms. The largest absolute Gasteiger partial charge is 0.379 e. The van der Waals surface area contributed by atoms with E-state index in [1.807, 2.05) is 0 Å². The van der Waals surface area contributed by atoms with Crippen LogP contribution < -0.4 is 0 Å². The zero-order chi connectivity index (χ0) is 4.41. The first-order valence-corrected chi connectivity index (χ1v) is 1.97. The second-order valence-corrected chi connectivity index (χ2v) is 1.40. The Morgan fingerprint density at radius 1 is 1.67 bits per heavy atom. The number of ether oxygens (including phenoxy) is 1. The lowest BCUT2D eigenvalue weighted by molar-refractivity contribution is -0.00293. The van der Waals surface area contributed by atoms with E-state index in [9.17, 15) is 0 Å². The molecule has 1 heterocycles. The Hall–Kier alpha value is -0.480. The van der Waals surface area contributed by atoms with Crippen LogP contribution in [0.15, 0.2) is 0 Å². The number of hydrogen-bond acceptors (Lipinski definition) is 1. The lowest BCUT2D eigenvalue weighted by Gasteiger charge is -2.19. The van der Waals surface area contributed by atoms with Gasteiger partial charge in [-0.3, -0.25) is 0 Å². The lowest BCUT2D eigenvalue weighted by atomic mass is 10.1. The fourth-order valence-electron chi connectivity index (χ4n) is 0.332. The molecule has 0 amide bonds. The average Bonchev–Trinajstić information content (AvgIpc) is 1.31. The fourth-order valence-corrected chi connectivity index (χ4v) is 0.332. The van der Waals surface area contributed by atoms with Gasteiger partial charge in [-0.1, -0.05) is 5.92 Å². The van der Waals surface area contributed by atoms with Crippen LogP contribution in [0.2, 0.25) is 0 Å². The minimum atomic E-state index is 0.421. The monoisotopic (exact) mass is 82.0 g/mol. The zero-order valence-electron chi connectivity index (χ0n) is 3.48. The van der Waals surface area contributed by atoms with Crippen molar-refractivity contribution in [2.24, 2.45) is 5.92 Å². The summed E-state index contributed by atoms with van der Waals surface area (Å²) in [5, 5.41) is 0. The van der Waals surface area contributed by atoms with Crippen molar-refractivity contribution in [2.75, 3.05) is 13.2 Å². The van der Waals surface area contributed by atoms with Gasteiger partial charge in [0.05, 0.1) is 19.1 Å². The molecule has 1 aliphatic heterocycles. The summed E-state index contributed by atoms with van der Waals surface area (Å²) in [6.07, 6.45) is 5.00. The fraction of sp³-hybridized carbons (Fsp3) is 0.600. The van der Waals surface area contributed by atoms with E-state index in [4.69, 9.17) is 11.2 Å². The molecule has 32 valence electrons. The van der Waals surface area contributed by atoms with Crippen molar-refractivity contribution >= 4 is 0 Å². The zero-order valence-corrected chi connectivity index (χ0v) is 3.48. The van der Waals surface area contributed by atoms with E-state index in [-0.39, 0.29) is 0 Å². The smallest absolute Gasteiger partial charge is 0.0667 e. The Morgan fingerprint density at radius 3 is 2.33 bits per heavy atom. The van der Waals surface area contributed by atoms with Crippen LogP contribution in [0.3, 0.4) is 0 Å². The Kier molecular flexibility index (Phi) is 0.813. The van der Waals surface area contributed by atoms with Gasteiger partial charge < -0.3 is 4.74 Å². The highest BCUT2D eigenvalue weighted by Crippen LogP contribution is 2.05. The van der Waals surface area contributed by atoms with E-state index in [0.717, 1.165) is 13.2 Å². The molecule has 1 heteroatoms. The molecule has 0 aromatic rings. The van der Waals surface area contributed by atoms with Gasteiger partial charge in [-0.2, -0.15) is 0 Å². The molecule has 0 aromatic heterocycles. The van der Waals surface area contributed by atoms with Crippen LogP contribution >= 0.6 is 0 Å². The van der Waals surface area contributed by atoms with E-state index in [2.05, 4.69) is 5.92 Å². The maximum absolute atomic E-state index is 5.00. The molecule has 1 nitrogen and oxygen atoms in total. The van der Waals surface area contributed by atoms with E-state index >= 15 is 0 Å². The molecule has 0 saturated carbocycles. The number of terminal acetylenes is 1. The van der Waals surface area contributed by atoms with Gasteiger partial charge in [0.15, 0.2) is 0 Å². The minimum Gasteiger partial charge on any atom is -0.379 e. The summed E-state index contributed by atoms with van der Waals surface area (Å²) >= 11 is 0. The Morgan fingerprint density at radius 2 is 2.33 bits per heavy atom. The number of hydrogen-bond donors (Lipinski definition) is 0. The second kappa shape index (κ2) is 1.32. The van der Waals surface area contributed by atoms with Crippen molar-refractivity contribution in [1.82, 2.24) is 0 Å². The van der Waals surface area contributed by atoms with Crippen LogP contribution in [0.1, 0.15) is 0 Å². The van der Waals surface area contributed by atoms with E-state index in [1.54, 1.807) is 0 Å². The summed E-state index contributed by atoms with van der Waals surface area (Å²) in [5.74, 6) is 3.00. The first kappa shape index (κ1) is 3.70. The SMILES string of the molecule is C#CC1COC1. The molecular weight excluding hydrogens is 76.1 g/mol. The number of rotatable bonds is 0. The molecular formula is C5H6O. The van der Waals surface area contributed by atoms with Crippen molar-refractivity contribution < 1.29 is 4.74 Å². The molecule has 0 aliphatic carbocycles. The third kappa shape index (κ3) is 0.395. The van der Waals surface area contributed by atoms with E-state index < -0.39 is 0 Å². The molecule has 1 rings (SSSR count). The van der Waals surface area contributed by atoms with Crippen molar-refractivity contribution in [1.29, 1.82) is 0 Å². The van der Waals surface area contributed by atoms with Gasteiger partial charge in [-0.25, -0.2) is 0 Å². The topological polar surface area (TPSA) is 9.23 Å². The Labute approximate surface area is 37.3 Å². The predicted octanol–water partition coefficient (Wildman–Crippen LogP) is 0.266. The summed E-state index contributed by atoms with van der Waals surface area (Å²) in [4.78, 5) is 0. The highest BCUT2D eigenvalue weighted by molar-refractivity contribution is 4.95. The summed E-state index contributed by atoms with van der Waals surface area (Å²) in [6, 6.07) is 0. The first-order chi connectivity index (χ1) is 2.93. The summed E-state index contributed by atoms with van der Waals surface area (Å²) in [7, 11) is 0. The van der Waals surface area contributed by atoms with Gasteiger partial charge in [-0.05, 0) is 0 Å². The van der Waals surface area contributed by atoms with Gasteiger partial charge >= 0.3 is 0 Å². The Balaban J connectivity index is 2.22. The first-order valence-electron chi connectivity index (χ1n) is 1.97. The van der Waals surface area contributed by atoms with Crippen LogP contribution in [0.25, 0.3) is 0 Å². The summed E-state index contributed by atoms with van der Waals surface area (Å²) in [6.45, 7) is 1.55. The summed E-state index contributed by atoms with van der Waals surface area (Å²) in [5.41, 5.74) is 0. The standard InChI is InChI=1S/C5H6O/c1-2-5-3-6-4-5/h1,5H,3-4H2. The molecule has 0 unspecified atom stereocenters. The van der Waals surface area contributed by atoms with Crippen LogP contribution in [0.4, 0.5) is 0 Å². The predicted molar refractivity (Wildman–Crippen MR) is 23.1 cm³/mol. The molecule has 0 aromatic carbocycles. The van der Waals surface area contributed by atoms with Gasteiger partial charge in [-0.15, -0.1) is 6.42 Å². The lowest BCUT2D eigenvalue weighted by Crippen LogP contribution is -2.25. The van der Waals surface area contributed by atoms with Crippen molar-refractivity contribution in [3.8, 4) is 12.3 Å². The van der Waals surface area contributed by atoms with E-state index in [0.29, 0.717) is 5.92 Å². The quantitative estimate of drug-likeness (QED) is 0.381. The third-order valence-corrected chi connectivity index (χ3v) is 0.874. The van der Waals surface area contributed by atoms with Gasteiger partial charge in [0, 0.05) is 0 Å². The van der Waals surface area contributed by atoms with Gasteiger partial charge in [0.25, 0.3) is 0 Å². The molecule has 0 atom stereocenters. The molecule has 1 saturated heterocycles. The van der Waals surface area contributed by atoms with Crippen molar-refractivity contribution in [2.45, 2.75) is 0 Å². The van der Waals surface area contributed by atoms with Crippen LogP contribution in [-0.2, 0) is 4.74 Å². The van der Waals surface area contributed by atoms with Gasteiger partial charge in [0.2, 0.25) is 0 Å². The highest BCUT2D eigenvalue weighted by atomic mass is 16.5. The second-order valence-electron chi connectivity index (χ2n) is 1.40. The van der Waals surface area contributed by atoms with Crippen LogP contribution in [0, 0.1) is 18.3 Å². The molecule has 0 bridgehead atoms. The maximum Gasteiger partial charge on any atom is 0.0667 e. The third-order valence-electron chi connectivity index (χ3n) is 0.874. The highest BCUT2D eigenvalue weighted by Gasteiger charge is 2.13. The molecule has 0 N–H and O–H groups in total. The summed E-state index contributed by atoms with van der Waals surface area (Å²) < 4.78 is 4.78. The average molecular weight is 82.1 g/mol. The molecule has 1 fully saturated rings. The van der Waals surface area contributed by atoms with Crippen molar-refractivity contribution in [3.05, 3.63) is 0 Å².